The molecule has 5 heteroatoms. The third kappa shape index (κ3) is 1.96. The van der Waals surface area contributed by atoms with Crippen LogP contribution in [0.3, 0.4) is 0 Å². The summed E-state index contributed by atoms with van der Waals surface area (Å²) in [6, 6.07) is 11.5. The maximum absolute atomic E-state index is 4.65. The largest absolute Gasteiger partial charge is 0.350 e. The van der Waals surface area contributed by atoms with Crippen LogP contribution in [-0.4, -0.2) is 32.2 Å². The van der Waals surface area contributed by atoms with Crippen LogP contribution in [-0.2, 0) is 0 Å². The first-order valence-electron chi connectivity index (χ1n) is 8.38. The molecule has 23 heavy (non-hydrogen) atoms. The highest BCUT2D eigenvalue weighted by atomic mass is 15.3. The Morgan fingerprint density at radius 1 is 1.09 bits per heavy atom. The van der Waals surface area contributed by atoms with Crippen molar-refractivity contribution in [1.82, 2.24) is 19.6 Å². The van der Waals surface area contributed by atoms with Gasteiger partial charge in [-0.1, -0.05) is 36.8 Å². The minimum atomic E-state index is 0.579. The Kier molecular flexibility index (Phi) is 2.86. The molecule has 3 heterocycles. The van der Waals surface area contributed by atoms with Gasteiger partial charge >= 0.3 is 0 Å². The van der Waals surface area contributed by atoms with E-state index in [4.69, 9.17) is 0 Å². The molecule has 116 valence electrons. The molecular weight excluding hydrogens is 286 g/mol. The first kappa shape index (κ1) is 13.0. The standard InChI is InChI=1S/C18H19N5/c1-2-5-13(6-3-1)15-11-23(16-8-4-7-14(15)16)17-18-21-20-12-22(18)10-9-19-17/h1-3,5-6,9-10,12,14-16H,4,7-8,11H2. The van der Waals surface area contributed by atoms with Crippen molar-refractivity contribution in [3.63, 3.8) is 0 Å². The maximum atomic E-state index is 4.65. The van der Waals surface area contributed by atoms with Gasteiger partial charge < -0.3 is 4.90 Å². The lowest BCUT2D eigenvalue weighted by Crippen LogP contribution is -2.31. The predicted octanol–water partition coefficient (Wildman–Crippen LogP) is 2.90. The van der Waals surface area contributed by atoms with Gasteiger partial charge in [0.1, 0.15) is 6.33 Å². The molecule has 0 radical (unpaired) electrons. The topological polar surface area (TPSA) is 46.3 Å². The van der Waals surface area contributed by atoms with Crippen LogP contribution in [0.2, 0.25) is 0 Å². The van der Waals surface area contributed by atoms with Gasteiger partial charge in [0.2, 0.25) is 5.65 Å². The van der Waals surface area contributed by atoms with Crippen molar-refractivity contribution in [1.29, 1.82) is 0 Å². The molecule has 3 aromatic rings. The van der Waals surface area contributed by atoms with Gasteiger partial charge in [0.15, 0.2) is 5.82 Å². The summed E-state index contributed by atoms with van der Waals surface area (Å²) in [7, 11) is 0. The van der Waals surface area contributed by atoms with E-state index in [1.165, 1.54) is 24.8 Å². The van der Waals surface area contributed by atoms with E-state index in [2.05, 4.69) is 50.4 Å². The van der Waals surface area contributed by atoms with Gasteiger partial charge in [-0.2, -0.15) is 0 Å². The van der Waals surface area contributed by atoms with Crippen molar-refractivity contribution < 1.29 is 0 Å². The summed E-state index contributed by atoms with van der Waals surface area (Å²) < 4.78 is 1.96. The van der Waals surface area contributed by atoms with Crippen molar-refractivity contribution >= 4 is 11.5 Å². The first-order chi connectivity index (χ1) is 11.4. The minimum Gasteiger partial charge on any atom is -0.350 e. The van der Waals surface area contributed by atoms with E-state index in [-0.39, 0.29) is 0 Å². The Hall–Kier alpha value is -2.43. The van der Waals surface area contributed by atoms with E-state index >= 15 is 0 Å². The second-order valence-corrected chi connectivity index (χ2v) is 6.64. The summed E-state index contributed by atoms with van der Waals surface area (Å²) in [5.41, 5.74) is 2.33. The molecule has 0 amide bonds. The molecule has 5 nitrogen and oxygen atoms in total. The molecule has 1 aliphatic carbocycles. The number of hydrogen-bond acceptors (Lipinski definition) is 4. The highest BCUT2D eigenvalue weighted by Crippen LogP contribution is 2.47. The maximum Gasteiger partial charge on any atom is 0.203 e. The smallest absolute Gasteiger partial charge is 0.203 e. The lowest BCUT2D eigenvalue weighted by atomic mass is 9.87. The summed E-state index contributed by atoms with van der Waals surface area (Å²) in [5, 5.41) is 8.33. The number of benzene rings is 1. The van der Waals surface area contributed by atoms with Gasteiger partial charge in [0.25, 0.3) is 0 Å². The molecule has 0 bridgehead atoms. The first-order valence-corrected chi connectivity index (χ1v) is 8.38. The number of aromatic nitrogens is 4. The Balaban J connectivity index is 1.58. The summed E-state index contributed by atoms with van der Waals surface area (Å²) in [4.78, 5) is 7.14. The Morgan fingerprint density at radius 2 is 2.00 bits per heavy atom. The van der Waals surface area contributed by atoms with Crippen molar-refractivity contribution in [2.75, 3.05) is 11.4 Å². The van der Waals surface area contributed by atoms with Crippen LogP contribution in [0.1, 0.15) is 30.7 Å². The molecule has 0 N–H and O–H groups in total. The van der Waals surface area contributed by atoms with Gasteiger partial charge in [-0.3, -0.25) is 4.40 Å². The van der Waals surface area contributed by atoms with Crippen LogP contribution < -0.4 is 4.90 Å². The van der Waals surface area contributed by atoms with E-state index in [9.17, 15) is 0 Å². The SMILES string of the molecule is c1ccc(C2CN(c3nccn4cnnc34)C3CCCC23)cc1. The monoisotopic (exact) mass is 305 g/mol. The van der Waals surface area contributed by atoms with Crippen molar-refractivity contribution in [2.24, 2.45) is 5.92 Å². The van der Waals surface area contributed by atoms with Gasteiger partial charge in [-0.05, 0) is 24.3 Å². The van der Waals surface area contributed by atoms with Gasteiger partial charge in [-0.15, -0.1) is 10.2 Å². The molecule has 3 atom stereocenters. The van der Waals surface area contributed by atoms with Crippen LogP contribution in [0.5, 0.6) is 0 Å². The zero-order valence-corrected chi connectivity index (χ0v) is 12.9. The van der Waals surface area contributed by atoms with Crippen LogP contribution >= 0.6 is 0 Å². The fourth-order valence-corrected chi connectivity index (χ4v) is 4.55. The lowest BCUT2D eigenvalue weighted by Gasteiger charge is -2.24. The molecule has 2 fully saturated rings. The molecule has 2 aromatic heterocycles. The predicted molar refractivity (Wildman–Crippen MR) is 88.4 cm³/mol. The molecule has 3 unspecified atom stereocenters. The number of anilines is 1. The summed E-state index contributed by atoms with van der Waals surface area (Å²) in [6.45, 7) is 1.03. The fourth-order valence-electron chi connectivity index (χ4n) is 4.55. The molecule has 1 aliphatic heterocycles. The molecule has 1 saturated heterocycles. The fraction of sp³-hybridized carbons (Fsp3) is 0.389. The Labute approximate surface area is 135 Å². The highest BCUT2D eigenvalue weighted by Gasteiger charge is 2.45. The number of nitrogens with zero attached hydrogens (tertiary/aromatic N) is 5. The number of hydrogen-bond donors (Lipinski definition) is 0. The van der Waals surface area contributed by atoms with E-state index in [0.717, 1.165) is 23.9 Å². The zero-order valence-electron chi connectivity index (χ0n) is 12.9. The molecular formula is C18H19N5. The molecule has 1 saturated carbocycles. The van der Waals surface area contributed by atoms with Crippen LogP contribution in [0.25, 0.3) is 5.65 Å². The normalized spacial score (nSPS) is 26.8. The van der Waals surface area contributed by atoms with E-state index < -0.39 is 0 Å². The third-order valence-electron chi connectivity index (χ3n) is 5.54. The second-order valence-electron chi connectivity index (χ2n) is 6.64. The van der Waals surface area contributed by atoms with Crippen LogP contribution in [0.15, 0.2) is 49.1 Å². The van der Waals surface area contributed by atoms with Crippen molar-refractivity contribution in [3.8, 4) is 0 Å². The number of rotatable bonds is 2. The van der Waals surface area contributed by atoms with Crippen LogP contribution in [0, 0.1) is 5.92 Å². The van der Waals surface area contributed by atoms with E-state index in [0.29, 0.717) is 12.0 Å². The number of fused-ring (bicyclic) bond motifs is 2. The molecule has 0 spiro atoms. The molecule has 2 aliphatic rings. The Bertz CT molecular complexity index is 828. The lowest BCUT2D eigenvalue weighted by molar-refractivity contribution is 0.487. The summed E-state index contributed by atoms with van der Waals surface area (Å²) in [5.74, 6) is 2.30. The van der Waals surface area contributed by atoms with Gasteiger partial charge in [0, 0.05) is 30.9 Å². The van der Waals surface area contributed by atoms with Gasteiger partial charge in [-0.25, -0.2) is 4.98 Å². The summed E-state index contributed by atoms with van der Waals surface area (Å²) >= 11 is 0. The van der Waals surface area contributed by atoms with E-state index in [1.54, 1.807) is 6.33 Å². The third-order valence-corrected chi connectivity index (χ3v) is 5.54. The second kappa shape index (κ2) is 5.05. The van der Waals surface area contributed by atoms with Crippen molar-refractivity contribution in [2.45, 2.75) is 31.2 Å². The molecule has 1 aromatic carbocycles. The average molecular weight is 305 g/mol. The minimum absolute atomic E-state index is 0.579. The van der Waals surface area contributed by atoms with Crippen LogP contribution in [0.4, 0.5) is 5.82 Å². The average Bonchev–Trinajstić information content (AvgIpc) is 3.31. The molecule has 5 rings (SSSR count). The van der Waals surface area contributed by atoms with Crippen molar-refractivity contribution in [3.05, 3.63) is 54.6 Å². The van der Waals surface area contributed by atoms with Gasteiger partial charge in [0.05, 0.1) is 0 Å². The highest BCUT2D eigenvalue weighted by molar-refractivity contribution is 5.65. The Morgan fingerprint density at radius 3 is 2.91 bits per heavy atom. The van der Waals surface area contributed by atoms with E-state index in [1.807, 2.05) is 16.8 Å². The quantitative estimate of drug-likeness (QED) is 0.730. The zero-order chi connectivity index (χ0) is 15.2. The summed E-state index contributed by atoms with van der Waals surface area (Å²) in [6.07, 6.45) is 9.39.